The highest BCUT2D eigenvalue weighted by Crippen LogP contribution is 2.30. The van der Waals surface area contributed by atoms with Crippen LogP contribution in [0.3, 0.4) is 0 Å². The molecule has 0 bridgehead atoms. The summed E-state index contributed by atoms with van der Waals surface area (Å²) in [7, 11) is 0. The lowest BCUT2D eigenvalue weighted by molar-refractivity contribution is 0.194. The van der Waals surface area contributed by atoms with E-state index in [0.29, 0.717) is 23.9 Å². The molecule has 0 spiro atoms. The number of benzene rings is 2. The van der Waals surface area contributed by atoms with Crippen LogP contribution in [0, 0.1) is 0 Å². The molecular weight excluding hydrogens is 454 g/mol. The first-order valence-corrected chi connectivity index (χ1v) is 11.6. The monoisotopic (exact) mass is 479 g/mol. The molecule has 0 saturated carbocycles. The zero-order chi connectivity index (χ0) is 23.9. The molecule has 3 N–H and O–H groups in total. The number of nitrogens with one attached hydrogen (secondary N) is 2. The minimum atomic E-state index is -1.05. The van der Waals surface area contributed by atoms with Gasteiger partial charge in [-0.25, -0.2) is 9.78 Å². The fourth-order valence-corrected chi connectivity index (χ4v) is 4.22. The van der Waals surface area contributed by atoms with Crippen molar-refractivity contribution in [1.29, 1.82) is 0 Å². The van der Waals surface area contributed by atoms with Crippen LogP contribution in [0.2, 0.25) is 5.15 Å². The molecule has 0 aliphatic heterocycles. The molecule has 2 aromatic carbocycles. The Balaban J connectivity index is 1.59. The maximum atomic E-state index is 10.9. The first kappa shape index (κ1) is 23.4. The summed E-state index contributed by atoms with van der Waals surface area (Å²) in [5.74, 6) is 1.47. The molecule has 0 aliphatic carbocycles. The topological polar surface area (TPSA) is 122 Å². The summed E-state index contributed by atoms with van der Waals surface area (Å²) in [6.07, 6.45) is 2.30. The van der Waals surface area contributed by atoms with E-state index in [-0.39, 0.29) is 6.54 Å². The normalized spacial score (nSPS) is 11.0. The van der Waals surface area contributed by atoms with E-state index in [9.17, 15) is 4.79 Å². The number of hydrogen-bond acceptors (Lipinski definition) is 5. The highest BCUT2D eigenvalue weighted by molar-refractivity contribution is 6.30. The maximum absolute atomic E-state index is 10.9. The largest absolute Gasteiger partial charge is 0.465 e. The van der Waals surface area contributed by atoms with Crippen LogP contribution in [0.5, 0.6) is 0 Å². The van der Waals surface area contributed by atoms with Crippen molar-refractivity contribution in [2.75, 3.05) is 6.54 Å². The Labute approximate surface area is 202 Å². The van der Waals surface area contributed by atoms with E-state index in [0.717, 1.165) is 53.0 Å². The first-order valence-electron chi connectivity index (χ1n) is 11.2. The Morgan fingerprint density at radius 1 is 1.12 bits per heavy atom. The van der Waals surface area contributed by atoms with Gasteiger partial charge in [-0.05, 0) is 28.3 Å². The van der Waals surface area contributed by atoms with E-state index in [1.54, 1.807) is 0 Å². The predicted molar refractivity (Wildman–Crippen MR) is 130 cm³/mol. The van der Waals surface area contributed by atoms with E-state index in [4.69, 9.17) is 16.7 Å². The molecule has 1 amide bonds. The van der Waals surface area contributed by atoms with Crippen molar-refractivity contribution >= 4 is 17.7 Å². The van der Waals surface area contributed by atoms with Crippen LogP contribution in [-0.4, -0.2) is 47.9 Å². The van der Waals surface area contributed by atoms with Crippen molar-refractivity contribution in [2.45, 2.75) is 39.2 Å². The number of halogens is 1. The summed E-state index contributed by atoms with van der Waals surface area (Å²) in [6.45, 7) is 3.02. The van der Waals surface area contributed by atoms with Gasteiger partial charge < -0.3 is 15.0 Å². The lowest BCUT2D eigenvalue weighted by Gasteiger charge is -2.13. The number of H-pyrrole nitrogens is 1. The molecule has 176 valence electrons. The summed E-state index contributed by atoms with van der Waals surface area (Å²) >= 11 is 6.46. The number of aromatic nitrogens is 6. The number of hydrogen-bond donors (Lipinski definition) is 3. The van der Waals surface area contributed by atoms with E-state index in [1.807, 2.05) is 24.3 Å². The Hall–Kier alpha value is -3.72. The molecule has 2 heterocycles. The second-order valence-corrected chi connectivity index (χ2v) is 8.27. The summed E-state index contributed by atoms with van der Waals surface area (Å²) in [5, 5.41) is 26.2. The van der Waals surface area contributed by atoms with Crippen molar-refractivity contribution in [3.63, 3.8) is 0 Å². The molecular formula is C24H26ClN7O2. The van der Waals surface area contributed by atoms with Crippen LogP contribution >= 0.6 is 11.6 Å². The average Bonchev–Trinajstić information content (AvgIpc) is 3.47. The number of unbranched alkanes of at least 4 members (excludes halogenated alkanes) is 1. The smallest absolute Gasteiger partial charge is 0.404 e. The highest BCUT2D eigenvalue weighted by atomic mass is 35.5. The number of aromatic amines is 1. The van der Waals surface area contributed by atoms with Gasteiger partial charge in [-0.3, -0.25) is 0 Å². The third kappa shape index (κ3) is 5.43. The molecule has 0 radical (unpaired) electrons. The van der Waals surface area contributed by atoms with Gasteiger partial charge in [-0.1, -0.05) is 73.5 Å². The van der Waals surface area contributed by atoms with Crippen LogP contribution in [0.1, 0.15) is 36.8 Å². The van der Waals surface area contributed by atoms with Crippen LogP contribution in [-0.2, 0) is 19.4 Å². The molecule has 10 heteroatoms. The van der Waals surface area contributed by atoms with Crippen LogP contribution in [0.25, 0.3) is 22.5 Å². The van der Waals surface area contributed by atoms with Gasteiger partial charge in [-0.15, -0.1) is 10.2 Å². The summed E-state index contributed by atoms with van der Waals surface area (Å²) < 4.78 is 2.11. The molecule has 0 aliphatic rings. The standard InChI is InChI=1S/C24H26ClN7O2/c1-2-3-8-21-27-22(25)20(13-14-26-24(33)34)32(21)15-16-9-11-17(12-10-16)18-6-4-5-7-19(18)23-28-30-31-29-23/h4-7,9-12,26H,2-3,8,13-15H2,1H3,(H,33,34)(H,28,29,30,31). The molecule has 2 aromatic heterocycles. The van der Waals surface area contributed by atoms with E-state index in [1.165, 1.54) is 0 Å². The van der Waals surface area contributed by atoms with Crippen molar-refractivity contribution in [3.05, 3.63) is 70.8 Å². The number of imidazole rings is 1. The van der Waals surface area contributed by atoms with Crippen LogP contribution in [0.4, 0.5) is 4.79 Å². The van der Waals surface area contributed by atoms with Crippen LogP contribution in [0.15, 0.2) is 48.5 Å². The van der Waals surface area contributed by atoms with E-state index in [2.05, 4.69) is 66.7 Å². The zero-order valence-electron chi connectivity index (χ0n) is 18.8. The van der Waals surface area contributed by atoms with Crippen molar-refractivity contribution < 1.29 is 9.90 Å². The second-order valence-electron chi connectivity index (χ2n) is 7.92. The lowest BCUT2D eigenvalue weighted by Crippen LogP contribution is -2.24. The number of tetrazole rings is 1. The van der Waals surface area contributed by atoms with Gasteiger partial charge in [0.05, 0.1) is 5.69 Å². The van der Waals surface area contributed by atoms with Gasteiger partial charge in [-0.2, -0.15) is 5.21 Å². The number of nitrogens with zero attached hydrogens (tertiary/aromatic N) is 5. The molecule has 4 aromatic rings. The maximum Gasteiger partial charge on any atom is 0.404 e. The third-order valence-corrected chi connectivity index (χ3v) is 5.92. The Morgan fingerprint density at radius 3 is 2.56 bits per heavy atom. The number of carboxylic acid groups (broad SMARTS) is 1. The number of rotatable bonds is 10. The second kappa shape index (κ2) is 10.9. The molecule has 4 rings (SSSR count). The predicted octanol–water partition coefficient (Wildman–Crippen LogP) is 4.58. The van der Waals surface area contributed by atoms with Crippen molar-refractivity contribution in [1.82, 2.24) is 35.5 Å². The summed E-state index contributed by atoms with van der Waals surface area (Å²) in [5.41, 5.74) is 4.91. The molecule has 0 unspecified atom stereocenters. The van der Waals surface area contributed by atoms with Gasteiger partial charge in [0, 0.05) is 31.5 Å². The number of aryl methyl sites for hydroxylation is 1. The molecule has 0 fully saturated rings. The summed E-state index contributed by atoms with van der Waals surface area (Å²) in [4.78, 5) is 15.4. The first-order chi connectivity index (χ1) is 16.6. The van der Waals surface area contributed by atoms with Gasteiger partial charge in [0.25, 0.3) is 0 Å². The molecule has 9 nitrogen and oxygen atoms in total. The number of carbonyl (C=O) groups is 1. The Kier molecular flexibility index (Phi) is 7.54. The molecule has 0 atom stereocenters. The van der Waals surface area contributed by atoms with Crippen molar-refractivity contribution in [3.8, 4) is 22.5 Å². The summed E-state index contributed by atoms with van der Waals surface area (Å²) in [6, 6.07) is 16.3. The lowest BCUT2D eigenvalue weighted by atomic mass is 9.98. The Bertz CT molecular complexity index is 1240. The minimum absolute atomic E-state index is 0.278. The van der Waals surface area contributed by atoms with Gasteiger partial charge in [0.1, 0.15) is 5.82 Å². The average molecular weight is 480 g/mol. The van der Waals surface area contributed by atoms with Gasteiger partial charge in [0.2, 0.25) is 5.82 Å². The van der Waals surface area contributed by atoms with E-state index < -0.39 is 6.09 Å². The van der Waals surface area contributed by atoms with Crippen molar-refractivity contribution in [2.24, 2.45) is 0 Å². The highest BCUT2D eigenvalue weighted by Gasteiger charge is 2.17. The molecule has 0 saturated heterocycles. The van der Waals surface area contributed by atoms with Crippen LogP contribution < -0.4 is 5.32 Å². The third-order valence-electron chi connectivity index (χ3n) is 5.61. The molecule has 34 heavy (non-hydrogen) atoms. The number of amides is 1. The zero-order valence-corrected chi connectivity index (χ0v) is 19.6. The fraction of sp³-hybridized carbons (Fsp3) is 0.292. The Morgan fingerprint density at radius 2 is 1.88 bits per heavy atom. The fourth-order valence-electron chi connectivity index (χ4n) is 3.92. The van der Waals surface area contributed by atoms with Gasteiger partial charge in [0.15, 0.2) is 5.15 Å². The van der Waals surface area contributed by atoms with E-state index >= 15 is 0 Å². The minimum Gasteiger partial charge on any atom is -0.465 e. The van der Waals surface area contributed by atoms with Gasteiger partial charge >= 0.3 is 6.09 Å². The SMILES string of the molecule is CCCCc1nc(Cl)c(CCNC(=O)O)n1Cc1ccc(-c2ccccc2-c2nn[nH]n2)cc1. The quantitative estimate of drug-likeness (QED) is 0.306.